The zero-order valence-electron chi connectivity index (χ0n) is 15.9. The standard InChI is InChI=1S/C22H26N4O2/c27-21(19-7-3-4-10-24-19)26-20(15-8-11-23-12-9-15)22(28)25-18-13-16-5-1-2-6-17(16)14-18/h1-7,10,15,18,20,23H,8-9,11-14H2,(H,25,28)(H,26,27). The van der Waals surface area contributed by atoms with Gasteiger partial charge in [0.05, 0.1) is 0 Å². The Bertz CT molecular complexity index is 808. The average molecular weight is 378 g/mol. The van der Waals surface area contributed by atoms with Crippen LogP contribution in [0.15, 0.2) is 48.7 Å². The monoisotopic (exact) mass is 378 g/mol. The molecule has 3 N–H and O–H groups in total. The fourth-order valence-electron chi connectivity index (χ4n) is 4.24. The number of carbonyl (C=O) groups excluding carboxylic acids is 2. The van der Waals surface area contributed by atoms with Crippen molar-refractivity contribution in [1.29, 1.82) is 0 Å². The Morgan fingerprint density at radius 1 is 1.00 bits per heavy atom. The van der Waals surface area contributed by atoms with E-state index in [9.17, 15) is 9.59 Å². The van der Waals surface area contributed by atoms with Crippen molar-refractivity contribution >= 4 is 11.8 Å². The molecule has 146 valence electrons. The highest BCUT2D eigenvalue weighted by atomic mass is 16.2. The molecule has 2 aliphatic rings. The lowest BCUT2D eigenvalue weighted by molar-refractivity contribution is -0.125. The van der Waals surface area contributed by atoms with E-state index in [0.717, 1.165) is 38.8 Å². The van der Waals surface area contributed by atoms with E-state index in [1.54, 1.807) is 24.4 Å². The van der Waals surface area contributed by atoms with E-state index in [4.69, 9.17) is 0 Å². The van der Waals surface area contributed by atoms with Gasteiger partial charge in [0.25, 0.3) is 5.91 Å². The first-order valence-corrected chi connectivity index (χ1v) is 10.0. The minimum absolute atomic E-state index is 0.0841. The molecular formula is C22H26N4O2. The van der Waals surface area contributed by atoms with Crippen LogP contribution < -0.4 is 16.0 Å². The quantitative estimate of drug-likeness (QED) is 0.736. The van der Waals surface area contributed by atoms with Crippen LogP contribution in [-0.4, -0.2) is 42.0 Å². The summed E-state index contributed by atoms with van der Waals surface area (Å²) in [5.41, 5.74) is 2.93. The summed E-state index contributed by atoms with van der Waals surface area (Å²) >= 11 is 0. The molecule has 1 saturated heterocycles. The molecule has 4 rings (SSSR count). The lowest BCUT2D eigenvalue weighted by Crippen LogP contribution is -2.55. The minimum Gasteiger partial charge on any atom is -0.351 e. The largest absolute Gasteiger partial charge is 0.351 e. The lowest BCUT2D eigenvalue weighted by Gasteiger charge is -2.31. The van der Waals surface area contributed by atoms with Crippen molar-refractivity contribution < 1.29 is 9.59 Å². The van der Waals surface area contributed by atoms with Crippen LogP contribution in [0.2, 0.25) is 0 Å². The molecule has 2 heterocycles. The molecule has 1 unspecified atom stereocenters. The van der Waals surface area contributed by atoms with Gasteiger partial charge in [-0.05, 0) is 68.0 Å². The van der Waals surface area contributed by atoms with Gasteiger partial charge in [-0.3, -0.25) is 14.6 Å². The Morgan fingerprint density at radius 2 is 1.68 bits per heavy atom. The van der Waals surface area contributed by atoms with Crippen molar-refractivity contribution in [3.05, 3.63) is 65.5 Å². The molecule has 1 aliphatic carbocycles. The van der Waals surface area contributed by atoms with Crippen LogP contribution in [0.5, 0.6) is 0 Å². The molecule has 2 aromatic rings. The first-order valence-electron chi connectivity index (χ1n) is 10.0. The van der Waals surface area contributed by atoms with E-state index in [1.807, 2.05) is 12.1 Å². The predicted molar refractivity (Wildman–Crippen MR) is 107 cm³/mol. The Balaban J connectivity index is 1.45. The third-order valence-electron chi connectivity index (χ3n) is 5.72. The predicted octanol–water partition coefficient (Wildman–Crippen LogP) is 1.46. The van der Waals surface area contributed by atoms with Crippen LogP contribution in [0, 0.1) is 5.92 Å². The Morgan fingerprint density at radius 3 is 2.32 bits per heavy atom. The summed E-state index contributed by atoms with van der Waals surface area (Å²) in [6.07, 6.45) is 5.01. The fourth-order valence-corrected chi connectivity index (χ4v) is 4.24. The second-order valence-corrected chi connectivity index (χ2v) is 7.64. The van der Waals surface area contributed by atoms with E-state index in [2.05, 4.69) is 33.1 Å². The molecule has 1 fully saturated rings. The molecule has 0 saturated carbocycles. The number of fused-ring (bicyclic) bond motifs is 1. The van der Waals surface area contributed by atoms with Crippen molar-refractivity contribution in [2.45, 2.75) is 37.8 Å². The zero-order chi connectivity index (χ0) is 19.3. The number of nitrogens with one attached hydrogen (secondary N) is 3. The normalized spacial score (nSPS) is 18.3. The van der Waals surface area contributed by atoms with Gasteiger partial charge in [-0.25, -0.2) is 0 Å². The van der Waals surface area contributed by atoms with Gasteiger partial charge >= 0.3 is 0 Å². The van der Waals surface area contributed by atoms with Crippen LogP contribution in [0.1, 0.15) is 34.5 Å². The van der Waals surface area contributed by atoms with Gasteiger partial charge < -0.3 is 16.0 Å². The number of carbonyl (C=O) groups is 2. The van der Waals surface area contributed by atoms with Crippen molar-refractivity contribution in [2.24, 2.45) is 5.92 Å². The van der Waals surface area contributed by atoms with E-state index < -0.39 is 6.04 Å². The van der Waals surface area contributed by atoms with Gasteiger partial charge in [0, 0.05) is 12.2 Å². The number of aromatic nitrogens is 1. The van der Waals surface area contributed by atoms with Crippen molar-refractivity contribution in [3.8, 4) is 0 Å². The first kappa shape index (κ1) is 18.6. The molecular weight excluding hydrogens is 352 g/mol. The highest BCUT2D eigenvalue weighted by Crippen LogP contribution is 2.23. The first-order chi connectivity index (χ1) is 13.7. The van der Waals surface area contributed by atoms with Gasteiger partial charge in [0.15, 0.2) is 0 Å². The maximum absolute atomic E-state index is 13.1. The lowest BCUT2D eigenvalue weighted by atomic mass is 9.89. The Labute approximate surface area is 165 Å². The van der Waals surface area contributed by atoms with E-state index in [1.165, 1.54) is 11.1 Å². The smallest absolute Gasteiger partial charge is 0.270 e. The Hall–Kier alpha value is -2.73. The van der Waals surface area contributed by atoms with Gasteiger partial charge in [-0.15, -0.1) is 0 Å². The third kappa shape index (κ3) is 4.22. The number of piperidine rings is 1. The molecule has 6 heteroatoms. The average Bonchev–Trinajstić information content (AvgIpc) is 3.15. The molecule has 1 aromatic carbocycles. The number of amides is 2. The Kier molecular flexibility index (Phi) is 5.67. The van der Waals surface area contributed by atoms with Crippen LogP contribution >= 0.6 is 0 Å². The summed E-state index contributed by atoms with van der Waals surface area (Å²) in [6.45, 7) is 1.73. The van der Waals surface area contributed by atoms with Crippen molar-refractivity contribution in [2.75, 3.05) is 13.1 Å². The second kappa shape index (κ2) is 8.52. The van der Waals surface area contributed by atoms with E-state index in [0.29, 0.717) is 5.69 Å². The molecule has 2 amide bonds. The summed E-state index contributed by atoms with van der Waals surface area (Å²) < 4.78 is 0. The van der Waals surface area contributed by atoms with Crippen LogP contribution in [0.25, 0.3) is 0 Å². The molecule has 0 spiro atoms. The molecule has 28 heavy (non-hydrogen) atoms. The number of hydrogen-bond donors (Lipinski definition) is 3. The van der Waals surface area contributed by atoms with E-state index >= 15 is 0 Å². The zero-order valence-corrected chi connectivity index (χ0v) is 15.9. The van der Waals surface area contributed by atoms with Crippen LogP contribution in [0.4, 0.5) is 0 Å². The van der Waals surface area contributed by atoms with Crippen molar-refractivity contribution in [1.82, 2.24) is 20.9 Å². The van der Waals surface area contributed by atoms with Gasteiger partial charge in [-0.2, -0.15) is 0 Å². The number of rotatable bonds is 5. The number of benzene rings is 1. The molecule has 0 radical (unpaired) electrons. The van der Waals surface area contributed by atoms with Crippen LogP contribution in [-0.2, 0) is 17.6 Å². The van der Waals surface area contributed by atoms with Gasteiger partial charge in [0.2, 0.25) is 5.91 Å². The summed E-state index contributed by atoms with van der Waals surface area (Å²) in [7, 11) is 0. The van der Waals surface area contributed by atoms with Gasteiger partial charge in [-0.1, -0.05) is 30.3 Å². The molecule has 1 aliphatic heterocycles. The minimum atomic E-state index is -0.541. The van der Waals surface area contributed by atoms with E-state index in [-0.39, 0.29) is 23.8 Å². The summed E-state index contributed by atoms with van der Waals surface area (Å²) in [4.78, 5) is 29.9. The second-order valence-electron chi connectivity index (χ2n) is 7.64. The maximum Gasteiger partial charge on any atom is 0.270 e. The number of hydrogen-bond acceptors (Lipinski definition) is 4. The summed E-state index contributed by atoms with van der Waals surface area (Å²) in [6, 6.07) is 13.1. The van der Waals surface area contributed by atoms with Crippen LogP contribution in [0.3, 0.4) is 0 Å². The number of pyridine rings is 1. The molecule has 1 atom stereocenters. The topological polar surface area (TPSA) is 83.1 Å². The fraction of sp³-hybridized carbons (Fsp3) is 0.409. The van der Waals surface area contributed by atoms with Crippen molar-refractivity contribution in [3.63, 3.8) is 0 Å². The highest BCUT2D eigenvalue weighted by molar-refractivity contribution is 5.96. The number of nitrogens with zero attached hydrogens (tertiary/aromatic N) is 1. The highest BCUT2D eigenvalue weighted by Gasteiger charge is 2.33. The third-order valence-corrected chi connectivity index (χ3v) is 5.72. The molecule has 0 bridgehead atoms. The molecule has 6 nitrogen and oxygen atoms in total. The molecule has 1 aromatic heterocycles. The summed E-state index contributed by atoms with van der Waals surface area (Å²) in [5.74, 6) is -0.263. The summed E-state index contributed by atoms with van der Waals surface area (Å²) in [5, 5.41) is 9.46. The maximum atomic E-state index is 13.1. The SMILES string of the molecule is O=C(NC(C(=O)NC1Cc2ccccc2C1)C1CCNCC1)c1ccccn1. The van der Waals surface area contributed by atoms with Gasteiger partial charge in [0.1, 0.15) is 11.7 Å².